The second-order valence-electron chi connectivity index (χ2n) is 3.76. The molecule has 0 spiro atoms. The smallest absolute Gasteiger partial charge is 0.330 e. The highest BCUT2D eigenvalue weighted by Crippen LogP contribution is 2.26. The SMILES string of the molecule is O=c1[nH]c(=O)n([C@@H]2C[C@@H](O)[C@H](CO)O2)cc1F. The summed E-state index contributed by atoms with van der Waals surface area (Å²) < 4.78 is 19.0. The number of H-pyrrole nitrogens is 1. The highest BCUT2D eigenvalue weighted by atomic mass is 19.1. The van der Waals surface area contributed by atoms with Gasteiger partial charge in [0.1, 0.15) is 12.3 Å². The molecule has 0 amide bonds. The van der Waals surface area contributed by atoms with Crippen LogP contribution in [0.5, 0.6) is 0 Å². The molecule has 0 aliphatic carbocycles. The Morgan fingerprint density at radius 3 is 2.88 bits per heavy atom. The zero-order valence-electron chi connectivity index (χ0n) is 8.67. The molecule has 94 valence electrons. The van der Waals surface area contributed by atoms with E-state index in [0.717, 1.165) is 10.8 Å². The van der Waals surface area contributed by atoms with Crippen LogP contribution in [0.15, 0.2) is 15.8 Å². The number of aliphatic hydroxyl groups excluding tert-OH is 2. The molecule has 8 heteroatoms. The number of nitrogens with zero attached hydrogens (tertiary/aromatic N) is 1. The zero-order valence-corrected chi connectivity index (χ0v) is 8.67. The van der Waals surface area contributed by atoms with Crippen molar-refractivity contribution in [3.05, 3.63) is 32.9 Å². The van der Waals surface area contributed by atoms with Gasteiger partial charge in [-0.25, -0.2) is 4.79 Å². The summed E-state index contributed by atoms with van der Waals surface area (Å²) in [5.41, 5.74) is -1.93. The molecule has 3 atom stereocenters. The predicted molar refractivity (Wildman–Crippen MR) is 52.9 cm³/mol. The summed E-state index contributed by atoms with van der Waals surface area (Å²) in [6.45, 7) is -0.405. The molecule has 3 N–H and O–H groups in total. The predicted octanol–water partition coefficient (Wildman–Crippen LogP) is -1.68. The fourth-order valence-corrected chi connectivity index (χ4v) is 1.72. The van der Waals surface area contributed by atoms with Crippen LogP contribution in [-0.2, 0) is 4.74 Å². The minimum atomic E-state index is -1.12. The number of nitrogens with one attached hydrogen (secondary N) is 1. The van der Waals surface area contributed by atoms with E-state index < -0.39 is 42.1 Å². The van der Waals surface area contributed by atoms with E-state index in [4.69, 9.17) is 9.84 Å². The van der Waals surface area contributed by atoms with E-state index in [2.05, 4.69) is 0 Å². The van der Waals surface area contributed by atoms with Gasteiger partial charge in [-0.1, -0.05) is 0 Å². The molecule has 1 aliphatic heterocycles. The Hall–Kier alpha value is -1.51. The van der Waals surface area contributed by atoms with Gasteiger partial charge < -0.3 is 14.9 Å². The van der Waals surface area contributed by atoms with Gasteiger partial charge in [0.25, 0.3) is 5.56 Å². The van der Waals surface area contributed by atoms with Crippen LogP contribution in [-0.4, -0.2) is 38.6 Å². The number of aromatic amines is 1. The minimum absolute atomic E-state index is 0.0383. The van der Waals surface area contributed by atoms with Gasteiger partial charge >= 0.3 is 5.69 Å². The van der Waals surface area contributed by atoms with E-state index in [1.54, 1.807) is 4.98 Å². The van der Waals surface area contributed by atoms with Gasteiger partial charge in [-0.3, -0.25) is 14.3 Å². The third kappa shape index (κ3) is 2.14. The van der Waals surface area contributed by atoms with Crippen molar-refractivity contribution in [1.82, 2.24) is 9.55 Å². The molecule has 1 fully saturated rings. The molecule has 0 saturated carbocycles. The van der Waals surface area contributed by atoms with Crippen LogP contribution in [0, 0.1) is 5.82 Å². The van der Waals surface area contributed by atoms with Crippen LogP contribution in [0.1, 0.15) is 12.6 Å². The van der Waals surface area contributed by atoms with Crippen molar-refractivity contribution in [3.63, 3.8) is 0 Å². The summed E-state index contributed by atoms with van der Waals surface area (Å²) in [5.74, 6) is -1.12. The monoisotopic (exact) mass is 246 g/mol. The van der Waals surface area contributed by atoms with Gasteiger partial charge in [-0.15, -0.1) is 0 Å². The van der Waals surface area contributed by atoms with Crippen molar-refractivity contribution in [1.29, 1.82) is 0 Å². The van der Waals surface area contributed by atoms with Crippen molar-refractivity contribution in [2.75, 3.05) is 6.61 Å². The average Bonchev–Trinajstić information content (AvgIpc) is 2.65. The normalized spacial score (nSPS) is 28.5. The number of rotatable bonds is 2. The standard InChI is InChI=1S/C9H11FN2O5/c10-4-2-12(9(16)11-8(4)15)7-1-5(14)6(3-13)17-7/h2,5-7,13-14H,1,3H2,(H,11,15,16)/t5-,6+,7+/m1/s1. The second-order valence-corrected chi connectivity index (χ2v) is 3.76. The number of aliphatic hydroxyl groups is 2. The summed E-state index contributed by atoms with van der Waals surface area (Å²) in [6, 6.07) is 0. The van der Waals surface area contributed by atoms with E-state index in [-0.39, 0.29) is 6.42 Å². The Morgan fingerprint density at radius 2 is 2.29 bits per heavy atom. The summed E-state index contributed by atoms with van der Waals surface area (Å²) >= 11 is 0. The summed E-state index contributed by atoms with van der Waals surface area (Å²) in [5, 5.41) is 18.3. The maximum atomic E-state index is 13.0. The molecular weight excluding hydrogens is 235 g/mol. The van der Waals surface area contributed by atoms with Crippen molar-refractivity contribution in [2.45, 2.75) is 24.9 Å². The minimum Gasteiger partial charge on any atom is -0.394 e. The maximum absolute atomic E-state index is 13.0. The second kappa shape index (κ2) is 4.40. The molecule has 1 aliphatic rings. The first-order valence-electron chi connectivity index (χ1n) is 4.98. The number of aromatic nitrogens is 2. The largest absolute Gasteiger partial charge is 0.394 e. The molecule has 1 aromatic heterocycles. The van der Waals surface area contributed by atoms with Crippen LogP contribution in [0.2, 0.25) is 0 Å². The molecule has 2 rings (SSSR count). The fraction of sp³-hybridized carbons (Fsp3) is 0.556. The lowest BCUT2D eigenvalue weighted by Gasteiger charge is -2.13. The van der Waals surface area contributed by atoms with E-state index >= 15 is 0 Å². The molecule has 1 aromatic rings. The summed E-state index contributed by atoms with van der Waals surface area (Å²) in [6.07, 6.45) is -1.90. The quantitative estimate of drug-likeness (QED) is 0.578. The molecule has 0 unspecified atom stereocenters. The number of hydrogen-bond acceptors (Lipinski definition) is 5. The summed E-state index contributed by atoms with van der Waals surface area (Å²) in [7, 11) is 0. The van der Waals surface area contributed by atoms with Gasteiger partial charge in [0.05, 0.1) is 18.9 Å². The Balaban J connectivity index is 2.34. The first kappa shape index (κ1) is 12.0. The zero-order chi connectivity index (χ0) is 12.6. The van der Waals surface area contributed by atoms with Crippen LogP contribution in [0.3, 0.4) is 0 Å². The van der Waals surface area contributed by atoms with E-state index in [9.17, 15) is 19.1 Å². The molecule has 1 saturated heterocycles. The molecule has 0 aromatic carbocycles. The molecule has 0 bridgehead atoms. The number of halogens is 1. The highest BCUT2D eigenvalue weighted by Gasteiger charge is 2.35. The molecule has 7 nitrogen and oxygen atoms in total. The van der Waals surface area contributed by atoms with Gasteiger partial charge in [-0.05, 0) is 0 Å². The molecule has 0 radical (unpaired) electrons. The first-order valence-corrected chi connectivity index (χ1v) is 4.98. The van der Waals surface area contributed by atoms with Crippen LogP contribution < -0.4 is 11.2 Å². The Morgan fingerprint density at radius 1 is 1.59 bits per heavy atom. The lowest BCUT2D eigenvalue weighted by Crippen LogP contribution is -2.34. The van der Waals surface area contributed by atoms with Crippen LogP contribution in [0.4, 0.5) is 4.39 Å². The van der Waals surface area contributed by atoms with E-state index in [1.165, 1.54) is 0 Å². The average molecular weight is 246 g/mol. The Kier molecular flexibility index (Phi) is 3.09. The fourth-order valence-electron chi connectivity index (χ4n) is 1.72. The lowest BCUT2D eigenvalue weighted by atomic mass is 10.2. The van der Waals surface area contributed by atoms with Gasteiger partial charge in [0.2, 0.25) is 5.82 Å². The van der Waals surface area contributed by atoms with Crippen LogP contribution in [0.25, 0.3) is 0 Å². The van der Waals surface area contributed by atoms with Gasteiger partial charge in [-0.2, -0.15) is 4.39 Å². The third-order valence-electron chi connectivity index (χ3n) is 2.62. The van der Waals surface area contributed by atoms with Crippen molar-refractivity contribution < 1.29 is 19.3 Å². The number of ether oxygens (including phenoxy) is 1. The van der Waals surface area contributed by atoms with Gasteiger partial charge in [0, 0.05) is 6.42 Å². The molecule has 17 heavy (non-hydrogen) atoms. The van der Waals surface area contributed by atoms with E-state index in [0.29, 0.717) is 0 Å². The van der Waals surface area contributed by atoms with Crippen LogP contribution >= 0.6 is 0 Å². The topological polar surface area (TPSA) is 105 Å². The maximum Gasteiger partial charge on any atom is 0.330 e. The molecular formula is C9H11FN2O5. The van der Waals surface area contributed by atoms with E-state index in [1.807, 2.05) is 0 Å². The number of hydrogen-bond donors (Lipinski definition) is 3. The van der Waals surface area contributed by atoms with Crippen molar-refractivity contribution in [3.8, 4) is 0 Å². The van der Waals surface area contributed by atoms with Crippen molar-refractivity contribution >= 4 is 0 Å². The third-order valence-corrected chi connectivity index (χ3v) is 2.62. The highest BCUT2D eigenvalue weighted by molar-refractivity contribution is 4.90. The molecule has 2 heterocycles. The Labute approximate surface area is 94.1 Å². The Bertz CT molecular complexity index is 525. The lowest BCUT2D eigenvalue weighted by molar-refractivity contribution is -0.0462. The van der Waals surface area contributed by atoms with Crippen molar-refractivity contribution in [2.24, 2.45) is 0 Å². The summed E-state index contributed by atoms with van der Waals surface area (Å²) in [4.78, 5) is 24.0. The van der Waals surface area contributed by atoms with Gasteiger partial charge in [0.15, 0.2) is 0 Å². The first-order chi connectivity index (χ1) is 8.02.